The Balaban J connectivity index is 1.88. The minimum absolute atomic E-state index is 0.0716. The summed E-state index contributed by atoms with van der Waals surface area (Å²) in [4.78, 5) is 16.4. The molecule has 2 N–H and O–H groups in total. The average molecular weight is 321 g/mol. The molecule has 1 aliphatic rings. The smallest absolute Gasteiger partial charge is 0.264 e. The summed E-state index contributed by atoms with van der Waals surface area (Å²) in [5.74, 6) is 0.0716. The van der Waals surface area contributed by atoms with Crippen LogP contribution in [0.1, 0.15) is 39.0 Å². The minimum atomic E-state index is 0.0716. The van der Waals surface area contributed by atoms with Crippen LogP contribution in [0.15, 0.2) is 30.3 Å². The highest BCUT2D eigenvalue weighted by Crippen LogP contribution is 2.35. The van der Waals surface area contributed by atoms with Crippen LogP contribution in [0.2, 0.25) is 5.02 Å². The summed E-state index contributed by atoms with van der Waals surface area (Å²) in [6.07, 6.45) is 1.99. The molecular formula is C16H17ClN2OS. The molecule has 2 heterocycles. The number of hydrogen-bond acceptors (Lipinski definition) is 3. The van der Waals surface area contributed by atoms with Gasteiger partial charge in [-0.1, -0.05) is 23.7 Å². The van der Waals surface area contributed by atoms with E-state index in [1.54, 1.807) is 6.07 Å². The van der Waals surface area contributed by atoms with Crippen molar-refractivity contribution in [1.82, 2.24) is 4.90 Å². The number of rotatable bonds is 2. The third kappa shape index (κ3) is 2.78. The van der Waals surface area contributed by atoms with E-state index in [0.29, 0.717) is 10.7 Å². The molecule has 0 spiro atoms. The number of thiophene rings is 1. The third-order valence-corrected chi connectivity index (χ3v) is 5.20. The monoisotopic (exact) mass is 320 g/mol. The molecule has 3 rings (SSSR count). The number of nitrogen functional groups attached to an aromatic ring is 1. The fraction of sp³-hybridized carbons (Fsp3) is 0.312. The summed E-state index contributed by atoms with van der Waals surface area (Å²) < 4.78 is 0. The summed E-state index contributed by atoms with van der Waals surface area (Å²) in [5, 5.41) is 0.711. The van der Waals surface area contributed by atoms with Crippen molar-refractivity contribution in [3.8, 4) is 0 Å². The van der Waals surface area contributed by atoms with Gasteiger partial charge in [-0.25, -0.2) is 0 Å². The lowest BCUT2D eigenvalue weighted by Crippen LogP contribution is -2.29. The zero-order valence-corrected chi connectivity index (χ0v) is 13.4. The Morgan fingerprint density at radius 1 is 1.43 bits per heavy atom. The van der Waals surface area contributed by atoms with Gasteiger partial charge in [-0.15, -0.1) is 11.3 Å². The van der Waals surface area contributed by atoms with Crippen molar-refractivity contribution in [2.75, 3.05) is 12.3 Å². The molecule has 0 bridgehead atoms. The van der Waals surface area contributed by atoms with E-state index in [-0.39, 0.29) is 11.9 Å². The molecule has 1 amide bonds. The van der Waals surface area contributed by atoms with Gasteiger partial charge in [-0.05, 0) is 43.5 Å². The van der Waals surface area contributed by atoms with E-state index in [1.165, 1.54) is 11.3 Å². The Morgan fingerprint density at radius 2 is 2.24 bits per heavy atom. The van der Waals surface area contributed by atoms with Crippen LogP contribution in [0.3, 0.4) is 0 Å². The van der Waals surface area contributed by atoms with E-state index in [9.17, 15) is 4.79 Å². The second kappa shape index (κ2) is 5.70. The lowest BCUT2D eigenvalue weighted by atomic mass is 10.0. The summed E-state index contributed by atoms with van der Waals surface area (Å²) in [7, 11) is 0. The fourth-order valence-electron chi connectivity index (χ4n) is 2.81. The van der Waals surface area contributed by atoms with Crippen LogP contribution >= 0.6 is 22.9 Å². The van der Waals surface area contributed by atoms with Gasteiger partial charge in [0, 0.05) is 22.1 Å². The molecule has 110 valence electrons. The van der Waals surface area contributed by atoms with Gasteiger partial charge in [0.15, 0.2) is 0 Å². The van der Waals surface area contributed by atoms with Crippen LogP contribution in [0, 0.1) is 6.92 Å². The van der Waals surface area contributed by atoms with Crippen molar-refractivity contribution in [1.29, 1.82) is 0 Å². The van der Waals surface area contributed by atoms with Gasteiger partial charge in [0.2, 0.25) is 0 Å². The van der Waals surface area contributed by atoms with E-state index < -0.39 is 0 Å². The maximum absolute atomic E-state index is 12.7. The highest BCUT2D eigenvalue weighted by Gasteiger charge is 2.31. The number of anilines is 1. The highest BCUT2D eigenvalue weighted by molar-refractivity contribution is 7.14. The van der Waals surface area contributed by atoms with E-state index in [1.807, 2.05) is 36.1 Å². The summed E-state index contributed by atoms with van der Waals surface area (Å²) in [5.41, 5.74) is 7.67. The number of nitrogens with two attached hydrogens (primary N) is 1. The molecular weight excluding hydrogens is 304 g/mol. The molecule has 1 unspecified atom stereocenters. The minimum Gasteiger partial charge on any atom is -0.398 e. The predicted octanol–water partition coefficient (Wildman–Crippen LogP) is 4.27. The van der Waals surface area contributed by atoms with Gasteiger partial charge < -0.3 is 10.6 Å². The largest absolute Gasteiger partial charge is 0.398 e. The molecule has 1 atom stereocenters. The van der Waals surface area contributed by atoms with Gasteiger partial charge in [-0.2, -0.15) is 0 Å². The lowest BCUT2D eigenvalue weighted by molar-refractivity contribution is 0.0740. The summed E-state index contributed by atoms with van der Waals surface area (Å²) in [6.45, 7) is 2.72. The first kappa shape index (κ1) is 14.4. The number of likely N-dealkylation sites (tertiary alicyclic amines) is 1. The zero-order valence-electron chi connectivity index (χ0n) is 11.8. The molecule has 0 aliphatic carbocycles. The molecule has 0 saturated carbocycles. The van der Waals surface area contributed by atoms with Gasteiger partial charge in [-0.3, -0.25) is 4.79 Å². The van der Waals surface area contributed by atoms with E-state index in [4.69, 9.17) is 17.3 Å². The topological polar surface area (TPSA) is 46.3 Å². The van der Waals surface area contributed by atoms with Crippen molar-refractivity contribution in [2.24, 2.45) is 0 Å². The normalized spacial score (nSPS) is 18.2. The Morgan fingerprint density at radius 3 is 2.90 bits per heavy atom. The van der Waals surface area contributed by atoms with Crippen LogP contribution in [0.25, 0.3) is 0 Å². The van der Waals surface area contributed by atoms with Gasteiger partial charge >= 0.3 is 0 Å². The number of carbonyl (C=O) groups is 1. The highest BCUT2D eigenvalue weighted by atomic mass is 35.5. The Hall–Kier alpha value is -1.52. The second-order valence-electron chi connectivity index (χ2n) is 5.33. The van der Waals surface area contributed by atoms with Crippen molar-refractivity contribution in [3.63, 3.8) is 0 Å². The first-order valence-corrected chi connectivity index (χ1v) is 8.18. The van der Waals surface area contributed by atoms with Gasteiger partial charge in [0.25, 0.3) is 5.91 Å². The van der Waals surface area contributed by atoms with Crippen LogP contribution in [0.5, 0.6) is 0 Å². The number of carbonyl (C=O) groups excluding carboxylic acids is 1. The lowest BCUT2D eigenvalue weighted by Gasteiger charge is -2.24. The molecule has 1 aromatic carbocycles. The Kier molecular flexibility index (Phi) is 3.91. The quantitative estimate of drug-likeness (QED) is 0.898. The van der Waals surface area contributed by atoms with Crippen molar-refractivity contribution in [3.05, 3.63) is 50.7 Å². The maximum atomic E-state index is 12.7. The molecule has 1 saturated heterocycles. The molecule has 0 radical (unpaired) electrons. The van der Waals surface area contributed by atoms with E-state index in [2.05, 4.69) is 0 Å². The molecule has 1 aromatic heterocycles. The number of aryl methyl sites for hydroxylation is 1. The Labute approximate surface area is 133 Å². The van der Waals surface area contributed by atoms with Crippen LogP contribution in [0.4, 0.5) is 5.69 Å². The fourth-order valence-corrected chi connectivity index (χ4v) is 3.91. The van der Waals surface area contributed by atoms with Gasteiger partial charge in [0.05, 0.1) is 10.9 Å². The third-order valence-electron chi connectivity index (χ3n) is 3.91. The standard InChI is InChI=1S/C16H17ClN2OS/c1-10-13(18)9-15(21-10)16(20)19-7-3-6-14(19)11-4-2-5-12(17)8-11/h2,4-5,8-9,14H,3,6-7,18H2,1H3. The average Bonchev–Trinajstić information content (AvgIpc) is 3.06. The SMILES string of the molecule is Cc1sc(C(=O)N2CCCC2c2cccc(Cl)c2)cc1N. The molecule has 5 heteroatoms. The number of amides is 1. The molecule has 1 aliphatic heterocycles. The van der Waals surface area contributed by atoms with Crippen molar-refractivity contribution >= 4 is 34.5 Å². The van der Waals surface area contributed by atoms with E-state index in [0.717, 1.165) is 34.7 Å². The second-order valence-corrected chi connectivity index (χ2v) is 7.03. The molecule has 2 aromatic rings. The van der Waals surface area contributed by atoms with Gasteiger partial charge in [0.1, 0.15) is 0 Å². The van der Waals surface area contributed by atoms with Crippen LogP contribution < -0.4 is 5.73 Å². The van der Waals surface area contributed by atoms with Crippen LogP contribution in [-0.4, -0.2) is 17.4 Å². The molecule has 3 nitrogen and oxygen atoms in total. The number of halogens is 1. The maximum Gasteiger partial charge on any atom is 0.264 e. The van der Waals surface area contributed by atoms with Crippen molar-refractivity contribution in [2.45, 2.75) is 25.8 Å². The predicted molar refractivity (Wildman–Crippen MR) is 87.9 cm³/mol. The Bertz CT molecular complexity index is 663. The number of nitrogens with zero attached hydrogens (tertiary/aromatic N) is 1. The van der Waals surface area contributed by atoms with E-state index >= 15 is 0 Å². The summed E-state index contributed by atoms with van der Waals surface area (Å²) >= 11 is 7.54. The first-order chi connectivity index (χ1) is 10.1. The zero-order chi connectivity index (χ0) is 15.0. The number of benzene rings is 1. The molecule has 21 heavy (non-hydrogen) atoms. The molecule has 1 fully saturated rings. The number of hydrogen-bond donors (Lipinski definition) is 1. The van der Waals surface area contributed by atoms with Crippen molar-refractivity contribution < 1.29 is 4.79 Å². The first-order valence-electron chi connectivity index (χ1n) is 6.98. The summed E-state index contributed by atoms with van der Waals surface area (Å²) in [6, 6.07) is 9.68. The van der Waals surface area contributed by atoms with Crippen LogP contribution in [-0.2, 0) is 0 Å².